The van der Waals surface area contributed by atoms with E-state index in [9.17, 15) is 0 Å². The lowest BCUT2D eigenvalue weighted by molar-refractivity contribution is 0.794. The third-order valence-electron chi connectivity index (χ3n) is 4.33. The van der Waals surface area contributed by atoms with Crippen LogP contribution in [0, 0.1) is 6.92 Å². The zero-order chi connectivity index (χ0) is 14.8. The minimum absolute atomic E-state index is 0.400. The summed E-state index contributed by atoms with van der Waals surface area (Å²) in [5.41, 5.74) is 6.91. The summed E-state index contributed by atoms with van der Waals surface area (Å²) in [7, 11) is 0. The van der Waals surface area contributed by atoms with Crippen LogP contribution in [0.4, 0.5) is 0 Å². The zero-order valence-electron chi connectivity index (χ0n) is 12.7. The Balaban J connectivity index is 1.87. The van der Waals surface area contributed by atoms with E-state index in [-0.39, 0.29) is 0 Å². The van der Waals surface area contributed by atoms with Crippen LogP contribution in [0.15, 0.2) is 46.9 Å². The van der Waals surface area contributed by atoms with E-state index >= 15 is 0 Å². The van der Waals surface area contributed by atoms with Gasteiger partial charge in [0.05, 0.1) is 0 Å². The van der Waals surface area contributed by atoms with Crippen LogP contribution in [0.1, 0.15) is 53.5 Å². The van der Waals surface area contributed by atoms with Gasteiger partial charge >= 0.3 is 0 Å². The Labute approximate surface area is 136 Å². The maximum atomic E-state index is 3.66. The molecule has 2 aromatic rings. The fourth-order valence-electron chi connectivity index (χ4n) is 3.00. The molecule has 0 fully saturated rings. The number of allylic oxidation sites excluding steroid dienone is 1. The minimum Gasteiger partial charge on any atom is -0.0720 e. The van der Waals surface area contributed by atoms with Crippen molar-refractivity contribution in [2.24, 2.45) is 0 Å². The highest BCUT2D eigenvalue weighted by Crippen LogP contribution is 2.38. The summed E-state index contributed by atoms with van der Waals surface area (Å²) in [6.45, 7) is 4.39. The van der Waals surface area contributed by atoms with E-state index in [1.165, 1.54) is 51.6 Å². The zero-order valence-corrected chi connectivity index (χ0v) is 14.3. The molecule has 0 bridgehead atoms. The third-order valence-corrected chi connectivity index (χ3v) is 5.18. The summed E-state index contributed by atoms with van der Waals surface area (Å²) >= 11 is 3.66. The molecule has 1 aliphatic carbocycles. The monoisotopic (exact) mass is 340 g/mol. The average Bonchev–Trinajstić information content (AvgIpc) is 2.89. The van der Waals surface area contributed by atoms with Crippen molar-refractivity contribution in [1.29, 1.82) is 0 Å². The van der Waals surface area contributed by atoms with Gasteiger partial charge in [-0.25, -0.2) is 0 Å². The Morgan fingerprint density at radius 3 is 2.57 bits per heavy atom. The molecule has 0 aromatic heterocycles. The molecule has 3 rings (SSSR count). The lowest BCUT2D eigenvalue weighted by Crippen LogP contribution is -1.97. The number of fused-ring (bicyclic) bond motifs is 1. The van der Waals surface area contributed by atoms with Crippen LogP contribution in [0.3, 0.4) is 0 Å². The van der Waals surface area contributed by atoms with Crippen molar-refractivity contribution >= 4 is 22.0 Å². The van der Waals surface area contributed by atoms with Crippen molar-refractivity contribution in [3.63, 3.8) is 0 Å². The molecule has 0 nitrogen and oxygen atoms in total. The summed E-state index contributed by atoms with van der Waals surface area (Å²) in [4.78, 5) is 0. The molecular weight excluding hydrogens is 320 g/mol. The fourth-order valence-corrected chi connectivity index (χ4v) is 3.36. The van der Waals surface area contributed by atoms with Crippen LogP contribution >= 0.6 is 15.9 Å². The van der Waals surface area contributed by atoms with Gasteiger partial charge in [0, 0.05) is 10.4 Å². The lowest BCUT2D eigenvalue weighted by atomic mass is 9.91. The van der Waals surface area contributed by atoms with Gasteiger partial charge < -0.3 is 0 Å². The highest BCUT2D eigenvalue weighted by molar-refractivity contribution is 9.10. The van der Waals surface area contributed by atoms with Gasteiger partial charge in [-0.05, 0) is 53.6 Å². The number of halogens is 1. The van der Waals surface area contributed by atoms with E-state index in [2.05, 4.69) is 78.3 Å². The topological polar surface area (TPSA) is 0 Å². The van der Waals surface area contributed by atoms with Crippen molar-refractivity contribution in [2.45, 2.75) is 39.0 Å². The average molecular weight is 341 g/mol. The van der Waals surface area contributed by atoms with Gasteiger partial charge in [-0.2, -0.15) is 0 Å². The Morgan fingerprint density at radius 2 is 1.86 bits per heavy atom. The van der Waals surface area contributed by atoms with Gasteiger partial charge in [-0.1, -0.05) is 71.8 Å². The van der Waals surface area contributed by atoms with E-state index in [1.807, 2.05) is 0 Å². The van der Waals surface area contributed by atoms with Gasteiger partial charge in [0.2, 0.25) is 0 Å². The number of benzene rings is 2. The first-order chi connectivity index (χ1) is 10.2. The molecule has 108 valence electrons. The van der Waals surface area contributed by atoms with Crippen molar-refractivity contribution in [2.75, 3.05) is 0 Å². The van der Waals surface area contributed by atoms with E-state index in [0.717, 1.165) is 0 Å². The van der Waals surface area contributed by atoms with E-state index in [1.54, 1.807) is 0 Å². The third kappa shape index (κ3) is 2.98. The molecule has 0 spiro atoms. The normalized spacial score (nSPS) is 16.2. The predicted octanol–water partition coefficient (Wildman–Crippen LogP) is 6.26. The molecule has 0 radical (unpaired) electrons. The van der Waals surface area contributed by atoms with Crippen molar-refractivity contribution < 1.29 is 0 Å². The Hall–Kier alpha value is -1.34. The second kappa shape index (κ2) is 6.19. The van der Waals surface area contributed by atoms with Gasteiger partial charge in [-0.15, -0.1) is 0 Å². The summed E-state index contributed by atoms with van der Waals surface area (Å²) in [6.07, 6.45) is 8.30. The quantitative estimate of drug-likeness (QED) is 0.616. The molecule has 0 amide bonds. The Kier molecular flexibility index (Phi) is 4.30. The maximum absolute atomic E-state index is 3.66. The molecule has 0 heterocycles. The molecule has 0 aliphatic heterocycles. The number of hydrogen-bond donors (Lipinski definition) is 0. The molecule has 1 aliphatic rings. The molecule has 0 saturated heterocycles. The van der Waals surface area contributed by atoms with Gasteiger partial charge in [0.1, 0.15) is 0 Å². The minimum atomic E-state index is 0.400. The first-order valence-electron chi connectivity index (χ1n) is 7.76. The first-order valence-corrected chi connectivity index (χ1v) is 8.55. The highest BCUT2D eigenvalue weighted by atomic mass is 79.9. The van der Waals surface area contributed by atoms with Gasteiger partial charge in [0.25, 0.3) is 0 Å². The standard InChI is InChI=1S/C20H21Br/c1-3-4-5-15-6-8-16(9-7-15)18-11-10-17-12-14(2)20(21)13-19(17)18/h6-13,18H,3-5H2,1-2H3. The number of aryl methyl sites for hydroxylation is 2. The smallest absolute Gasteiger partial charge is 0.0279 e. The Morgan fingerprint density at radius 1 is 1.10 bits per heavy atom. The SMILES string of the molecule is CCCCc1ccc(C2C=Cc3cc(C)c(Br)cc32)cc1. The molecule has 21 heavy (non-hydrogen) atoms. The molecular formula is C20H21Br. The number of rotatable bonds is 4. The largest absolute Gasteiger partial charge is 0.0720 e. The van der Waals surface area contributed by atoms with Crippen molar-refractivity contribution in [3.8, 4) is 0 Å². The van der Waals surface area contributed by atoms with Gasteiger partial charge in [0.15, 0.2) is 0 Å². The lowest BCUT2D eigenvalue weighted by Gasteiger charge is -2.14. The van der Waals surface area contributed by atoms with Crippen LogP contribution in [0.25, 0.3) is 6.08 Å². The molecule has 2 aromatic carbocycles. The summed E-state index contributed by atoms with van der Waals surface area (Å²) in [6, 6.07) is 13.7. The summed E-state index contributed by atoms with van der Waals surface area (Å²) in [5.74, 6) is 0.400. The van der Waals surface area contributed by atoms with Crippen LogP contribution in [-0.4, -0.2) is 0 Å². The van der Waals surface area contributed by atoms with Crippen LogP contribution in [-0.2, 0) is 6.42 Å². The molecule has 1 atom stereocenters. The van der Waals surface area contributed by atoms with Crippen LogP contribution < -0.4 is 0 Å². The second-order valence-corrected chi connectivity index (χ2v) is 6.77. The van der Waals surface area contributed by atoms with Crippen LogP contribution in [0.5, 0.6) is 0 Å². The second-order valence-electron chi connectivity index (χ2n) is 5.91. The summed E-state index contributed by atoms with van der Waals surface area (Å²) in [5, 5.41) is 0. The van der Waals surface area contributed by atoms with Crippen LogP contribution in [0.2, 0.25) is 0 Å². The molecule has 0 N–H and O–H groups in total. The number of hydrogen-bond acceptors (Lipinski definition) is 0. The van der Waals surface area contributed by atoms with Gasteiger partial charge in [-0.3, -0.25) is 0 Å². The molecule has 0 saturated carbocycles. The first kappa shape index (κ1) is 14.6. The van der Waals surface area contributed by atoms with Crippen molar-refractivity contribution in [3.05, 3.63) is 74.8 Å². The summed E-state index contributed by atoms with van der Waals surface area (Å²) < 4.78 is 1.20. The fraction of sp³-hybridized carbons (Fsp3) is 0.300. The van der Waals surface area contributed by atoms with E-state index < -0.39 is 0 Å². The van der Waals surface area contributed by atoms with E-state index in [4.69, 9.17) is 0 Å². The highest BCUT2D eigenvalue weighted by Gasteiger charge is 2.20. The predicted molar refractivity (Wildman–Crippen MR) is 94.8 cm³/mol. The Bertz CT molecular complexity index is 665. The number of unbranched alkanes of at least 4 members (excludes halogenated alkanes) is 1. The van der Waals surface area contributed by atoms with Crippen molar-refractivity contribution in [1.82, 2.24) is 0 Å². The molecule has 1 heteroatoms. The molecule has 1 unspecified atom stereocenters. The maximum Gasteiger partial charge on any atom is 0.0279 e. The van der Waals surface area contributed by atoms with E-state index in [0.29, 0.717) is 5.92 Å².